The maximum absolute atomic E-state index is 14.2. The highest BCUT2D eigenvalue weighted by Gasteiger charge is 2.20. The SMILES string of the molecule is COc1cc(C=CC(=O)N(CCCN(C)C)c2nc3c(F)cc(F)cc3s2)cc(OC)c1OC. The Labute approximate surface area is 201 Å². The number of carbonyl (C=O) groups excluding carboxylic acids is 1. The second-order valence-electron chi connectivity index (χ2n) is 7.67. The molecule has 10 heteroatoms. The molecule has 1 aromatic heterocycles. The number of thiazole rings is 1. The topological polar surface area (TPSA) is 64.1 Å². The van der Waals surface area contributed by atoms with Crippen molar-refractivity contribution < 1.29 is 27.8 Å². The zero-order chi connectivity index (χ0) is 24.8. The van der Waals surface area contributed by atoms with E-state index < -0.39 is 11.6 Å². The summed E-state index contributed by atoms with van der Waals surface area (Å²) in [5.41, 5.74) is 0.703. The number of halogens is 2. The minimum Gasteiger partial charge on any atom is -0.493 e. The maximum atomic E-state index is 14.2. The summed E-state index contributed by atoms with van der Waals surface area (Å²) in [7, 11) is 8.41. The van der Waals surface area contributed by atoms with Crippen LogP contribution in [0.3, 0.4) is 0 Å². The molecule has 0 aliphatic heterocycles. The lowest BCUT2D eigenvalue weighted by Crippen LogP contribution is -2.32. The van der Waals surface area contributed by atoms with Crippen molar-refractivity contribution in [3.05, 3.63) is 47.5 Å². The summed E-state index contributed by atoms with van der Waals surface area (Å²) in [5, 5.41) is 0.304. The highest BCUT2D eigenvalue weighted by Crippen LogP contribution is 2.38. The van der Waals surface area contributed by atoms with E-state index in [4.69, 9.17) is 14.2 Å². The second-order valence-corrected chi connectivity index (χ2v) is 8.68. The van der Waals surface area contributed by atoms with E-state index in [9.17, 15) is 13.6 Å². The van der Waals surface area contributed by atoms with Crippen LogP contribution in [-0.2, 0) is 4.79 Å². The third-order valence-corrected chi connectivity index (χ3v) is 6.02. The van der Waals surface area contributed by atoms with Gasteiger partial charge in [-0.2, -0.15) is 0 Å². The number of hydrogen-bond acceptors (Lipinski definition) is 7. The van der Waals surface area contributed by atoms with Gasteiger partial charge in [-0.1, -0.05) is 11.3 Å². The molecule has 0 unspecified atom stereocenters. The van der Waals surface area contributed by atoms with Crippen molar-refractivity contribution >= 4 is 38.7 Å². The summed E-state index contributed by atoms with van der Waals surface area (Å²) in [6.07, 6.45) is 3.70. The molecular weight excluding hydrogens is 464 g/mol. The summed E-state index contributed by atoms with van der Waals surface area (Å²) in [4.78, 5) is 20.9. The fourth-order valence-corrected chi connectivity index (χ4v) is 4.40. The van der Waals surface area contributed by atoms with Crippen LogP contribution in [0.2, 0.25) is 0 Å². The molecule has 0 bridgehead atoms. The van der Waals surface area contributed by atoms with Crippen LogP contribution < -0.4 is 19.1 Å². The monoisotopic (exact) mass is 491 g/mol. The molecule has 0 spiro atoms. The minimum atomic E-state index is -0.758. The number of carbonyl (C=O) groups is 1. The normalized spacial score (nSPS) is 11.4. The first-order valence-corrected chi connectivity index (χ1v) is 11.3. The number of anilines is 1. The molecule has 1 amide bonds. The van der Waals surface area contributed by atoms with Crippen LogP contribution in [-0.4, -0.2) is 64.3 Å². The Bertz CT molecular complexity index is 1170. The molecule has 0 fully saturated rings. The summed E-state index contributed by atoms with van der Waals surface area (Å²) in [6.45, 7) is 1.11. The average molecular weight is 492 g/mol. The summed E-state index contributed by atoms with van der Waals surface area (Å²) >= 11 is 1.07. The fourth-order valence-electron chi connectivity index (χ4n) is 3.36. The Morgan fingerprint density at radius 2 is 1.71 bits per heavy atom. The van der Waals surface area contributed by atoms with Crippen molar-refractivity contribution in [3.63, 3.8) is 0 Å². The van der Waals surface area contributed by atoms with Crippen molar-refractivity contribution in [1.82, 2.24) is 9.88 Å². The molecule has 7 nitrogen and oxygen atoms in total. The lowest BCUT2D eigenvalue weighted by atomic mass is 10.1. The minimum absolute atomic E-state index is 0.0421. The number of amides is 1. The first kappa shape index (κ1) is 25.4. The predicted molar refractivity (Wildman–Crippen MR) is 130 cm³/mol. The van der Waals surface area contributed by atoms with Gasteiger partial charge in [-0.15, -0.1) is 0 Å². The van der Waals surface area contributed by atoms with E-state index in [1.165, 1.54) is 38.4 Å². The number of benzene rings is 2. The highest BCUT2D eigenvalue weighted by atomic mass is 32.1. The van der Waals surface area contributed by atoms with Gasteiger partial charge in [0.05, 0.1) is 26.0 Å². The van der Waals surface area contributed by atoms with Crippen LogP contribution in [0.15, 0.2) is 30.3 Å². The Balaban J connectivity index is 1.93. The van der Waals surface area contributed by atoms with Gasteiger partial charge in [0, 0.05) is 18.7 Å². The molecule has 182 valence electrons. The molecular formula is C24H27F2N3O4S. The Morgan fingerprint density at radius 3 is 2.29 bits per heavy atom. The van der Waals surface area contributed by atoms with E-state index in [0.717, 1.165) is 23.9 Å². The second kappa shape index (κ2) is 11.3. The van der Waals surface area contributed by atoms with Gasteiger partial charge >= 0.3 is 0 Å². The Morgan fingerprint density at radius 1 is 1.03 bits per heavy atom. The molecule has 34 heavy (non-hydrogen) atoms. The van der Waals surface area contributed by atoms with Gasteiger partial charge in [0.2, 0.25) is 5.75 Å². The zero-order valence-corrected chi connectivity index (χ0v) is 20.5. The van der Waals surface area contributed by atoms with E-state index in [1.807, 2.05) is 19.0 Å². The lowest BCUT2D eigenvalue weighted by molar-refractivity contribution is -0.114. The van der Waals surface area contributed by atoms with E-state index in [2.05, 4.69) is 4.98 Å². The van der Waals surface area contributed by atoms with Crippen LogP contribution >= 0.6 is 11.3 Å². The number of methoxy groups -OCH3 is 3. The van der Waals surface area contributed by atoms with Gasteiger partial charge in [-0.25, -0.2) is 13.8 Å². The van der Waals surface area contributed by atoms with Crippen LogP contribution in [0.4, 0.5) is 13.9 Å². The standard InChI is InChI=1S/C24H27F2N3O4S/c1-28(2)9-6-10-29(24-27-22-17(26)13-16(25)14-20(22)34-24)21(30)8-7-15-11-18(31-3)23(33-5)19(12-15)32-4/h7-8,11-14H,6,9-10H2,1-5H3. The molecule has 0 N–H and O–H groups in total. The molecule has 0 atom stereocenters. The molecule has 2 aromatic carbocycles. The van der Waals surface area contributed by atoms with Crippen molar-refractivity contribution in [1.29, 1.82) is 0 Å². The third-order valence-electron chi connectivity index (χ3n) is 4.99. The quantitative estimate of drug-likeness (QED) is 0.387. The fraction of sp³-hybridized carbons (Fsp3) is 0.333. The Kier molecular flexibility index (Phi) is 8.41. The van der Waals surface area contributed by atoms with Gasteiger partial charge in [0.1, 0.15) is 11.3 Å². The average Bonchev–Trinajstić information content (AvgIpc) is 3.23. The van der Waals surface area contributed by atoms with Gasteiger partial charge in [-0.3, -0.25) is 9.69 Å². The van der Waals surface area contributed by atoms with E-state index >= 15 is 0 Å². The molecule has 3 rings (SSSR count). The van der Waals surface area contributed by atoms with Crippen LogP contribution in [0, 0.1) is 11.6 Å². The summed E-state index contributed by atoms with van der Waals surface area (Å²) in [5.74, 6) is -0.421. The van der Waals surface area contributed by atoms with Crippen molar-refractivity contribution in [2.75, 3.05) is 53.4 Å². The first-order chi connectivity index (χ1) is 16.3. The smallest absolute Gasteiger partial charge is 0.252 e. The van der Waals surface area contributed by atoms with Crippen molar-refractivity contribution in [2.24, 2.45) is 0 Å². The number of rotatable bonds is 10. The van der Waals surface area contributed by atoms with E-state index in [-0.39, 0.29) is 11.4 Å². The van der Waals surface area contributed by atoms with Crippen LogP contribution in [0.1, 0.15) is 12.0 Å². The van der Waals surface area contributed by atoms with E-state index in [1.54, 1.807) is 18.2 Å². The van der Waals surface area contributed by atoms with Gasteiger partial charge < -0.3 is 19.1 Å². The largest absolute Gasteiger partial charge is 0.493 e. The van der Waals surface area contributed by atoms with Gasteiger partial charge in [-0.05, 0) is 56.9 Å². The molecule has 1 heterocycles. The van der Waals surface area contributed by atoms with Gasteiger partial charge in [0.15, 0.2) is 22.4 Å². The molecule has 0 aliphatic carbocycles. The van der Waals surface area contributed by atoms with Gasteiger partial charge in [0.25, 0.3) is 5.91 Å². The van der Waals surface area contributed by atoms with Crippen LogP contribution in [0.25, 0.3) is 16.3 Å². The molecule has 0 aliphatic rings. The number of fused-ring (bicyclic) bond motifs is 1. The molecule has 0 saturated carbocycles. The third kappa shape index (κ3) is 5.81. The zero-order valence-electron chi connectivity index (χ0n) is 19.7. The Hall–Kier alpha value is -3.24. The summed E-state index contributed by atoms with van der Waals surface area (Å²) in [6, 6.07) is 5.44. The predicted octanol–water partition coefficient (Wildman–Crippen LogP) is 4.60. The van der Waals surface area contributed by atoms with Crippen molar-refractivity contribution in [3.8, 4) is 17.2 Å². The molecule has 0 saturated heterocycles. The molecule has 0 radical (unpaired) electrons. The molecule has 3 aromatic rings. The number of hydrogen-bond donors (Lipinski definition) is 0. The lowest BCUT2D eigenvalue weighted by Gasteiger charge is -2.19. The summed E-state index contributed by atoms with van der Waals surface area (Å²) < 4.78 is 44.2. The number of ether oxygens (including phenoxy) is 3. The first-order valence-electron chi connectivity index (χ1n) is 10.5. The van der Waals surface area contributed by atoms with E-state index in [0.29, 0.717) is 45.6 Å². The number of aromatic nitrogens is 1. The maximum Gasteiger partial charge on any atom is 0.252 e. The van der Waals surface area contributed by atoms with Crippen LogP contribution in [0.5, 0.6) is 17.2 Å². The van der Waals surface area contributed by atoms with Crippen molar-refractivity contribution in [2.45, 2.75) is 6.42 Å². The highest BCUT2D eigenvalue weighted by molar-refractivity contribution is 7.22. The number of nitrogens with zero attached hydrogens (tertiary/aromatic N) is 3.